The van der Waals surface area contributed by atoms with Crippen LogP contribution in [0.25, 0.3) is 0 Å². The van der Waals surface area contributed by atoms with Gasteiger partial charge in [-0.15, -0.1) is 0 Å². The highest BCUT2D eigenvalue weighted by molar-refractivity contribution is 5.27. The van der Waals surface area contributed by atoms with Gasteiger partial charge in [0.2, 0.25) is 0 Å². The summed E-state index contributed by atoms with van der Waals surface area (Å²) in [6.45, 7) is 3.99. The highest BCUT2D eigenvalue weighted by atomic mass is 19.1. The zero-order valence-electron chi connectivity index (χ0n) is 7.88. The van der Waals surface area contributed by atoms with Gasteiger partial charge in [0, 0.05) is 0 Å². The SMILES string of the molecule is C/C(=C/F)COc1cccc(C)c1. The van der Waals surface area contributed by atoms with Crippen LogP contribution < -0.4 is 4.74 Å². The van der Waals surface area contributed by atoms with E-state index >= 15 is 0 Å². The maximum absolute atomic E-state index is 11.9. The molecule has 1 aromatic rings. The first-order valence-electron chi connectivity index (χ1n) is 4.17. The van der Waals surface area contributed by atoms with Crippen LogP contribution in [0.4, 0.5) is 4.39 Å². The largest absolute Gasteiger partial charge is 0.489 e. The normalized spacial score (nSPS) is 11.5. The van der Waals surface area contributed by atoms with Crippen LogP contribution in [-0.4, -0.2) is 6.61 Å². The Morgan fingerprint density at radius 1 is 1.54 bits per heavy atom. The molecule has 0 aliphatic rings. The molecule has 0 radical (unpaired) electrons. The molecule has 0 aromatic heterocycles. The Balaban J connectivity index is 2.55. The number of hydrogen-bond acceptors (Lipinski definition) is 1. The van der Waals surface area contributed by atoms with Crippen molar-refractivity contribution in [1.29, 1.82) is 0 Å². The van der Waals surface area contributed by atoms with Crippen LogP contribution in [-0.2, 0) is 0 Å². The van der Waals surface area contributed by atoms with Gasteiger partial charge in [-0.05, 0) is 37.1 Å². The van der Waals surface area contributed by atoms with Crippen LogP contribution in [0.5, 0.6) is 5.75 Å². The molecule has 0 unspecified atom stereocenters. The number of ether oxygens (including phenoxy) is 1. The van der Waals surface area contributed by atoms with Crippen molar-refractivity contribution < 1.29 is 9.13 Å². The number of hydrogen-bond donors (Lipinski definition) is 0. The number of halogens is 1. The van der Waals surface area contributed by atoms with Crippen molar-refractivity contribution in [2.24, 2.45) is 0 Å². The van der Waals surface area contributed by atoms with Crippen LogP contribution in [0.15, 0.2) is 36.2 Å². The fourth-order valence-corrected chi connectivity index (χ4v) is 0.934. The van der Waals surface area contributed by atoms with Gasteiger partial charge < -0.3 is 4.74 Å². The fourth-order valence-electron chi connectivity index (χ4n) is 0.934. The van der Waals surface area contributed by atoms with Gasteiger partial charge in [-0.3, -0.25) is 0 Å². The molecular formula is C11H13FO. The molecule has 0 N–H and O–H groups in total. The van der Waals surface area contributed by atoms with E-state index in [9.17, 15) is 4.39 Å². The molecular weight excluding hydrogens is 167 g/mol. The molecule has 0 amide bonds. The van der Waals surface area contributed by atoms with E-state index in [4.69, 9.17) is 4.74 Å². The lowest BCUT2D eigenvalue weighted by Crippen LogP contribution is -1.97. The lowest BCUT2D eigenvalue weighted by atomic mass is 10.2. The zero-order valence-corrected chi connectivity index (χ0v) is 7.88. The van der Waals surface area contributed by atoms with E-state index in [-0.39, 0.29) is 0 Å². The Labute approximate surface area is 77.8 Å². The molecule has 13 heavy (non-hydrogen) atoms. The Bertz CT molecular complexity index is 305. The Morgan fingerprint density at radius 2 is 2.31 bits per heavy atom. The van der Waals surface area contributed by atoms with E-state index in [2.05, 4.69) is 0 Å². The lowest BCUT2D eigenvalue weighted by molar-refractivity contribution is 0.349. The molecule has 0 spiro atoms. The maximum atomic E-state index is 11.9. The average Bonchev–Trinajstić information content (AvgIpc) is 2.14. The molecule has 1 rings (SSSR count). The van der Waals surface area contributed by atoms with Crippen molar-refractivity contribution in [3.05, 3.63) is 41.7 Å². The van der Waals surface area contributed by atoms with Gasteiger partial charge in [-0.2, -0.15) is 0 Å². The molecule has 0 heterocycles. The minimum absolute atomic E-state index is 0.306. The van der Waals surface area contributed by atoms with Crippen LogP contribution in [0.1, 0.15) is 12.5 Å². The second-order valence-electron chi connectivity index (χ2n) is 3.06. The van der Waals surface area contributed by atoms with Crippen LogP contribution in [0.2, 0.25) is 0 Å². The summed E-state index contributed by atoms with van der Waals surface area (Å²) in [5.74, 6) is 0.779. The lowest BCUT2D eigenvalue weighted by Gasteiger charge is -2.05. The third-order valence-electron chi connectivity index (χ3n) is 1.64. The van der Waals surface area contributed by atoms with Crippen LogP contribution in [0, 0.1) is 6.92 Å². The highest BCUT2D eigenvalue weighted by Gasteiger charge is 1.94. The topological polar surface area (TPSA) is 9.23 Å². The number of rotatable bonds is 3. The third kappa shape index (κ3) is 3.28. The first-order valence-corrected chi connectivity index (χ1v) is 4.17. The van der Waals surface area contributed by atoms with E-state index < -0.39 is 0 Å². The number of aryl methyl sites for hydroxylation is 1. The summed E-state index contributed by atoms with van der Waals surface area (Å²) in [6.07, 6.45) is 0.565. The molecule has 0 saturated carbocycles. The monoisotopic (exact) mass is 180 g/mol. The van der Waals surface area contributed by atoms with Crippen LogP contribution >= 0.6 is 0 Å². The molecule has 0 bridgehead atoms. The van der Waals surface area contributed by atoms with E-state index in [0.717, 1.165) is 11.3 Å². The van der Waals surface area contributed by atoms with E-state index in [1.54, 1.807) is 6.92 Å². The molecule has 0 atom stereocenters. The van der Waals surface area contributed by atoms with Gasteiger partial charge in [0.05, 0.1) is 6.33 Å². The molecule has 2 heteroatoms. The van der Waals surface area contributed by atoms with Crippen molar-refractivity contribution in [3.63, 3.8) is 0 Å². The molecule has 1 nitrogen and oxygen atoms in total. The number of benzene rings is 1. The smallest absolute Gasteiger partial charge is 0.120 e. The van der Waals surface area contributed by atoms with Gasteiger partial charge in [0.15, 0.2) is 0 Å². The molecule has 0 aliphatic carbocycles. The second kappa shape index (κ2) is 4.65. The second-order valence-corrected chi connectivity index (χ2v) is 3.06. The minimum Gasteiger partial charge on any atom is -0.489 e. The molecule has 0 aliphatic heterocycles. The Morgan fingerprint density at radius 3 is 2.92 bits per heavy atom. The third-order valence-corrected chi connectivity index (χ3v) is 1.64. The summed E-state index contributed by atoms with van der Waals surface area (Å²) < 4.78 is 17.3. The van der Waals surface area contributed by atoms with Crippen molar-refractivity contribution >= 4 is 0 Å². The molecule has 0 fully saturated rings. The zero-order chi connectivity index (χ0) is 9.68. The van der Waals surface area contributed by atoms with E-state index in [1.807, 2.05) is 31.2 Å². The summed E-state index contributed by atoms with van der Waals surface area (Å²) in [5, 5.41) is 0. The van der Waals surface area contributed by atoms with Gasteiger partial charge >= 0.3 is 0 Å². The first-order chi connectivity index (χ1) is 6.22. The first kappa shape index (κ1) is 9.78. The maximum Gasteiger partial charge on any atom is 0.120 e. The predicted octanol–water partition coefficient (Wildman–Crippen LogP) is 3.25. The fraction of sp³-hybridized carbons (Fsp3) is 0.273. The van der Waals surface area contributed by atoms with Gasteiger partial charge in [-0.1, -0.05) is 12.1 Å². The standard InChI is InChI=1S/C11H13FO/c1-9-4-3-5-11(6-9)13-8-10(2)7-12/h3-7H,8H2,1-2H3/b10-7-. The summed E-state index contributed by atoms with van der Waals surface area (Å²) >= 11 is 0. The Kier molecular flexibility index (Phi) is 3.50. The molecule has 70 valence electrons. The minimum atomic E-state index is 0.306. The quantitative estimate of drug-likeness (QED) is 0.693. The van der Waals surface area contributed by atoms with Crippen molar-refractivity contribution in [1.82, 2.24) is 0 Å². The predicted molar refractivity (Wildman–Crippen MR) is 51.5 cm³/mol. The van der Waals surface area contributed by atoms with E-state index in [0.29, 0.717) is 18.5 Å². The summed E-state index contributed by atoms with van der Waals surface area (Å²) in [4.78, 5) is 0. The van der Waals surface area contributed by atoms with Crippen LogP contribution in [0.3, 0.4) is 0 Å². The van der Waals surface area contributed by atoms with Crippen molar-refractivity contribution in [2.75, 3.05) is 6.61 Å². The Hall–Kier alpha value is -1.31. The average molecular weight is 180 g/mol. The van der Waals surface area contributed by atoms with Gasteiger partial charge in [0.1, 0.15) is 12.4 Å². The summed E-state index contributed by atoms with van der Waals surface area (Å²) in [6, 6.07) is 7.69. The summed E-state index contributed by atoms with van der Waals surface area (Å²) in [5.41, 5.74) is 1.72. The van der Waals surface area contributed by atoms with Crippen molar-refractivity contribution in [3.8, 4) is 5.75 Å². The van der Waals surface area contributed by atoms with Gasteiger partial charge in [-0.25, -0.2) is 4.39 Å². The van der Waals surface area contributed by atoms with Gasteiger partial charge in [0.25, 0.3) is 0 Å². The molecule has 0 saturated heterocycles. The van der Waals surface area contributed by atoms with E-state index in [1.165, 1.54) is 0 Å². The highest BCUT2D eigenvalue weighted by Crippen LogP contribution is 2.13. The summed E-state index contributed by atoms with van der Waals surface area (Å²) in [7, 11) is 0. The molecule has 1 aromatic carbocycles. The van der Waals surface area contributed by atoms with Crippen molar-refractivity contribution in [2.45, 2.75) is 13.8 Å².